The van der Waals surface area contributed by atoms with Crippen LogP contribution in [0.15, 0.2) is 66.7 Å². The van der Waals surface area contributed by atoms with Crippen LogP contribution in [0.1, 0.15) is 62.4 Å². The summed E-state index contributed by atoms with van der Waals surface area (Å²) in [6, 6.07) is 17.0. The summed E-state index contributed by atoms with van der Waals surface area (Å²) in [7, 11) is 0. The highest BCUT2D eigenvalue weighted by molar-refractivity contribution is 5.98. The molecule has 1 heterocycles. The van der Waals surface area contributed by atoms with E-state index in [1.165, 1.54) is 12.1 Å². The minimum Gasteiger partial charge on any atom is -0.478 e. The van der Waals surface area contributed by atoms with Crippen molar-refractivity contribution in [3.63, 3.8) is 0 Å². The van der Waals surface area contributed by atoms with Crippen molar-refractivity contribution >= 4 is 29.6 Å². The highest BCUT2D eigenvalue weighted by Crippen LogP contribution is 2.29. The fraction of sp³-hybridized carbons (Fsp3) is 0.361. The van der Waals surface area contributed by atoms with E-state index in [9.17, 15) is 28.7 Å². The standard InChI is InChI=1S/C36H40FN7O6/c1-36(2,3)50-35(49)38-20-22-6-10-25(11-7-22)32(45)40-30(33(46)39-27-15-12-24(13-16-27)31-41-43-44-42-31)18-21-4-8-23(9-5-21)26-14-17-29(37)28(19-26)34(47)48/h4-5,8-9,12-17,19,22,25,30H,6-7,10-11,18,20H2,1-3H3,(H,38,49)(H,39,46)(H,40,45)(H,47,48)(H,41,42,43,44). The third-order valence-corrected chi connectivity index (χ3v) is 8.46. The fourth-order valence-electron chi connectivity index (χ4n) is 5.82. The lowest BCUT2D eigenvalue weighted by Gasteiger charge is -2.29. The van der Waals surface area contributed by atoms with E-state index in [0.717, 1.165) is 24.5 Å². The van der Waals surface area contributed by atoms with Crippen molar-refractivity contribution in [3.05, 3.63) is 83.7 Å². The van der Waals surface area contributed by atoms with Crippen LogP contribution in [-0.4, -0.2) is 67.8 Å². The maximum Gasteiger partial charge on any atom is 0.407 e. The Bertz CT molecular complexity index is 1800. The number of aromatic nitrogens is 4. The van der Waals surface area contributed by atoms with E-state index in [1.54, 1.807) is 69.3 Å². The topological polar surface area (TPSA) is 188 Å². The second kappa shape index (κ2) is 15.7. The van der Waals surface area contributed by atoms with Gasteiger partial charge in [0.1, 0.15) is 17.5 Å². The first-order chi connectivity index (χ1) is 23.8. The highest BCUT2D eigenvalue weighted by Gasteiger charge is 2.30. The molecular formula is C36H40FN7O6. The van der Waals surface area contributed by atoms with Crippen LogP contribution in [0.2, 0.25) is 0 Å². The summed E-state index contributed by atoms with van der Waals surface area (Å²) in [5, 5.41) is 31.9. The molecule has 13 nitrogen and oxygen atoms in total. The molecule has 1 aliphatic carbocycles. The number of halogens is 1. The van der Waals surface area contributed by atoms with E-state index in [0.29, 0.717) is 47.6 Å². The second-order valence-corrected chi connectivity index (χ2v) is 13.4. The zero-order valence-electron chi connectivity index (χ0n) is 28.0. The molecule has 5 rings (SSSR count). The van der Waals surface area contributed by atoms with E-state index in [-0.39, 0.29) is 24.2 Å². The molecule has 0 aliphatic heterocycles. The van der Waals surface area contributed by atoms with Gasteiger partial charge in [-0.15, -0.1) is 10.2 Å². The van der Waals surface area contributed by atoms with Crippen LogP contribution in [0, 0.1) is 17.7 Å². The molecule has 1 saturated carbocycles. The summed E-state index contributed by atoms with van der Waals surface area (Å²) in [6.45, 7) is 5.88. The minimum atomic E-state index is -1.36. The zero-order chi connectivity index (χ0) is 35.8. The van der Waals surface area contributed by atoms with E-state index in [1.807, 2.05) is 0 Å². The van der Waals surface area contributed by atoms with Crippen molar-refractivity contribution in [1.82, 2.24) is 31.3 Å². The molecule has 3 aromatic carbocycles. The van der Waals surface area contributed by atoms with Gasteiger partial charge in [0.05, 0.1) is 5.56 Å². The minimum absolute atomic E-state index is 0.178. The fourth-order valence-corrected chi connectivity index (χ4v) is 5.82. The average molecular weight is 686 g/mol. The number of carbonyl (C=O) groups excluding carboxylic acids is 3. The number of hydrogen-bond donors (Lipinski definition) is 5. The van der Waals surface area contributed by atoms with Gasteiger partial charge in [0.25, 0.3) is 0 Å². The first-order valence-electron chi connectivity index (χ1n) is 16.4. The highest BCUT2D eigenvalue weighted by atomic mass is 19.1. The van der Waals surface area contributed by atoms with Crippen molar-refractivity contribution in [2.45, 2.75) is 64.5 Å². The van der Waals surface area contributed by atoms with Crippen LogP contribution in [0.25, 0.3) is 22.5 Å². The number of rotatable bonds is 11. The van der Waals surface area contributed by atoms with E-state index >= 15 is 0 Å². The van der Waals surface area contributed by atoms with Gasteiger partial charge in [-0.2, -0.15) is 5.21 Å². The summed E-state index contributed by atoms with van der Waals surface area (Å²) < 4.78 is 19.3. The summed E-state index contributed by atoms with van der Waals surface area (Å²) >= 11 is 0. The molecule has 0 saturated heterocycles. The number of anilines is 1. The molecule has 1 atom stereocenters. The van der Waals surface area contributed by atoms with Crippen LogP contribution in [0.3, 0.4) is 0 Å². The third-order valence-electron chi connectivity index (χ3n) is 8.46. The smallest absolute Gasteiger partial charge is 0.407 e. The number of benzene rings is 3. The lowest BCUT2D eigenvalue weighted by atomic mass is 9.81. The number of nitrogens with one attached hydrogen (secondary N) is 4. The van der Waals surface area contributed by atoms with Gasteiger partial charge in [-0.3, -0.25) is 9.59 Å². The predicted molar refractivity (Wildman–Crippen MR) is 182 cm³/mol. The van der Waals surface area contributed by atoms with Crippen molar-refractivity contribution in [1.29, 1.82) is 0 Å². The SMILES string of the molecule is CC(C)(C)OC(=O)NCC1CCC(C(=O)NC(Cc2ccc(-c3ccc(F)c(C(=O)O)c3)cc2)C(=O)Nc2ccc(-c3nn[nH]n3)cc2)CC1. The molecular weight excluding hydrogens is 645 g/mol. The van der Waals surface area contributed by atoms with E-state index < -0.39 is 41.0 Å². The van der Waals surface area contributed by atoms with Crippen LogP contribution in [0.5, 0.6) is 0 Å². The lowest BCUT2D eigenvalue weighted by molar-refractivity contribution is -0.130. The largest absolute Gasteiger partial charge is 0.478 e. The molecule has 0 bridgehead atoms. The number of hydrogen-bond acceptors (Lipinski definition) is 8. The first-order valence-corrected chi connectivity index (χ1v) is 16.4. The molecule has 4 aromatic rings. The molecule has 5 N–H and O–H groups in total. The second-order valence-electron chi connectivity index (χ2n) is 13.4. The Hall–Kier alpha value is -5.66. The van der Waals surface area contributed by atoms with Crippen molar-refractivity contribution in [2.75, 3.05) is 11.9 Å². The van der Waals surface area contributed by atoms with Gasteiger partial charge >= 0.3 is 12.1 Å². The number of aromatic amines is 1. The van der Waals surface area contributed by atoms with Crippen LogP contribution < -0.4 is 16.0 Å². The van der Waals surface area contributed by atoms with Crippen molar-refractivity contribution in [3.8, 4) is 22.5 Å². The number of amides is 3. The molecule has 262 valence electrons. The predicted octanol–water partition coefficient (Wildman–Crippen LogP) is 5.37. The quantitative estimate of drug-likeness (QED) is 0.138. The third kappa shape index (κ3) is 9.71. The van der Waals surface area contributed by atoms with E-state index in [4.69, 9.17) is 4.74 Å². The Balaban J connectivity index is 1.25. The number of alkyl carbamates (subject to hydrolysis) is 1. The zero-order valence-corrected chi connectivity index (χ0v) is 28.0. The maximum absolute atomic E-state index is 13.9. The Labute approximate surface area is 288 Å². The van der Waals surface area contributed by atoms with Crippen molar-refractivity contribution in [2.24, 2.45) is 11.8 Å². The number of aromatic carboxylic acids is 1. The molecule has 1 fully saturated rings. The Kier molecular flexibility index (Phi) is 11.2. The van der Waals surface area contributed by atoms with Gasteiger partial charge in [0.2, 0.25) is 17.6 Å². The number of H-pyrrole nitrogens is 1. The number of carbonyl (C=O) groups is 4. The first kappa shape index (κ1) is 35.6. The maximum atomic E-state index is 13.9. The molecule has 14 heteroatoms. The molecule has 1 aromatic heterocycles. The summed E-state index contributed by atoms with van der Waals surface area (Å²) in [6.07, 6.45) is 2.42. The van der Waals surface area contributed by atoms with Gasteiger partial charge in [0.15, 0.2) is 0 Å². The van der Waals surface area contributed by atoms with Crippen molar-refractivity contribution < 1.29 is 33.4 Å². The molecule has 0 radical (unpaired) electrons. The normalized spacial score (nSPS) is 16.6. The van der Waals surface area contributed by atoms with Gasteiger partial charge in [-0.25, -0.2) is 14.0 Å². The van der Waals surface area contributed by atoms with Crippen LogP contribution >= 0.6 is 0 Å². The van der Waals surface area contributed by atoms with Gasteiger partial charge in [0, 0.05) is 30.1 Å². The Morgan fingerprint density at radius 2 is 1.60 bits per heavy atom. The molecule has 1 unspecified atom stereocenters. The summed E-state index contributed by atoms with van der Waals surface area (Å²) in [5.74, 6) is -2.48. The number of carboxylic acid groups (broad SMARTS) is 1. The van der Waals surface area contributed by atoms with Crippen LogP contribution in [-0.2, 0) is 20.7 Å². The molecule has 0 spiro atoms. The molecule has 3 amide bonds. The van der Waals surface area contributed by atoms with Crippen LogP contribution in [0.4, 0.5) is 14.9 Å². The summed E-state index contributed by atoms with van der Waals surface area (Å²) in [5.41, 5.74) is 2.15. The van der Waals surface area contributed by atoms with Gasteiger partial charge in [-0.05, 0) is 111 Å². The summed E-state index contributed by atoms with van der Waals surface area (Å²) in [4.78, 5) is 50.7. The Morgan fingerprint density at radius 3 is 2.22 bits per heavy atom. The van der Waals surface area contributed by atoms with E-state index in [2.05, 4.69) is 36.6 Å². The lowest BCUT2D eigenvalue weighted by Crippen LogP contribution is -2.48. The monoisotopic (exact) mass is 685 g/mol. The Morgan fingerprint density at radius 1 is 0.940 bits per heavy atom. The number of carboxylic acids is 1. The number of tetrazole rings is 1. The van der Waals surface area contributed by atoms with Gasteiger partial charge in [-0.1, -0.05) is 30.3 Å². The molecule has 1 aliphatic rings. The molecule has 50 heavy (non-hydrogen) atoms. The number of ether oxygens (including phenoxy) is 1. The van der Waals surface area contributed by atoms with Gasteiger partial charge < -0.3 is 25.8 Å². The number of nitrogens with zero attached hydrogens (tertiary/aromatic N) is 3. The average Bonchev–Trinajstić information content (AvgIpc) is 3.63.